The van der Waals surface area contributed by atoms with Crippen LogP contribution in [0.5, 0.6) is 0 Å². The summed E-state index contributed by atoms with van der Waals surface area (Å²) >= 11 is 0. The highest BCUT2D eigenvalue weighted by molar-refractivity contribution is 6.46. The van der Waals surface area contributed by atoms with E-state index in [1.54, 1.807) is 12.4 Å². The summed E-state index contributed by atoms with van der Waals surface area (Å²) in [5.41, 5.74) is 4.94. The molecule has 1 aromatic carbocycles. The SMILES string of the molecule is Cc1ccc2c(c1)CN=C2C(=O)N1CCC2(CC1)CC2CCC(=O)c1cc2ccncc2o1. The molecule has 168 valence electrons. The molecule has 1 unspecified atom stereocenters. The molecule has 6 rings (SSSR count). The summed E-state index contributed by atoms with van der Waals surface area (Å²) in [7, 11) is 0. The summed E-state index contributed by atoms with van der Waals surface area (Å²) in [6, 6.07) is 9.89. The van der Waals surface area contributed by atoms with Gasteiger partial charge in [0.2, 0.25) is 0 Å². The van der Waals surface area contributed by atoms with Gasteiger partial charge >= 0.3 is 0 Å². The van der Waals surface area contributed by atoms with E-state index in [4.69, 9.17) is 4.42 Å². The van der Waals surface area contributed by atoms with Crippen molar-refractivity contribution in [3.8, 4) is 0 Å². The number of benzene rings is 1. The number of amides is 1. The number of aromatic nitrogens is 1. The zero-order chi connectivity index (χ0) is 22.6. The average Bonchev–Trinajstić information content (AvgIpc) is 3.15. The molecule has 1 saturated carbocycles. The van der Waals surface area contributed by atoms with Crippen LogP contribution in [-0.2, 0) is 11.3 Å². The van der Waals surface area contributed by atoms with Crippen LogP contribution in [-0.4, -0.2) is 40.4 Å². The van der Waals surface area contributed by atoms with Crippen LogP contribution in [0, 0.1) is 18.3 Å². The van der Waals surface area contributed by atoms with E-state index in [0.29, 0.717) is 41.4 Å². The van der Waals surface area contributed by atoms with E-state index in [9.17, 15) is 9.59 Å². The number of carbonyl (C=O) groups is 2. The van der Waals surface area contributed by atoms with Crippen LogP contribution < -0.4 is 0 Å². The number of piperidine rings is 1. The summed E-state index contributed by atoms with van der Waals surface area (Å²) in [6.45, 7) is 4.23. The first-order chi connectivity index (χ1) is 16.0. The van der Waals surface area contributed by atoms with Gasteiger partial charge in [0.05, 0.1) is 12.7 Å². The second kappa shape index (κ2) is 7.65. The molecule has 1 atom stereocenters. The van der Waals surface area contributed by atoms with Gasteiger partial charge in [0.1, 0.15) is 5.71 Å². The quantitative estimate of drug-likeness (QED) is 0.537. The lowest BCUT2D eigenvalue weighted by molar-refractivity contribution is -0.125. The lowest BCUT2D eigenvalue weighted by atomic mass is 9.89. The fourth-order valence-electron chi connectivity index (χ4n) is 5.72. The van der Waals surface area contributed by atoms with Crippen molar-refractivity contribution >= 4 is 28.4 Å². The van der Waals surface area contributed by atoms with Gasteiger partial charge in [0.15, 0.2) is 17.1 Å². The van der Waals surface area contributed by atoms with Gasteiger partial charge in [-0.05, 0) is 61.6 Å². The lowest BCUT2D eigenvalue weighted by Crippen LogP contribution is -2.43. The van der Waals surface area contributed by atoms with Gasteiger partial charge in [0.25, 0.3) is 5.91 Å². The number of nitrogens with zero attached hydrogens (tertiary/aromatic N) is 3. The number of fused-ring (bicyclic) bond motifs is 2. The van der Waals surface area contributed by atoms with Crippen LogP contribution in [0.25, 0.3) is 11.0 Å². The first-order valence-electron chi connectivity index (χ1n) is 11.8. The van der Waals surface area contributed by atoms with Crippen molar-refractivity contribution < 1.29 is 14.0 Å². The number of aliphatic imine (C=N–C) groups is 1. The van der Waals surface area contributed by atoms with Crippen molar-refractivity contribution in [2.24, 2.45) is 16.3 Å². The van der Waals surface area contributed by atoms with Crippen LogP contribution in [0.3, 0.4) is 0 Å². The number of rotatable bonds is 5. The van der Waals surface area contributed by atoms with Gasteiger partial charge in [-0.1, -0.05) is 23.8 Å². The smallest absolute Gasteiger partial charge is 0.272 e. The minimum atomic E-state index is 0.0639. The van der Waals surface area contributed by atoms with Crippen LogP contribution >= 0.6 is 0 Å². The minimum absolute atomic E-state index is 0.0639. The van der Waals surface area contributed by atoms with E-state index >= 15 is 0 Å². The number of aryl methyl sites for hydroxylation is 1. The van der Waals surface area contributed by atoms with E-state index in [0.717, 1.165) is 55.3 Å². The lowest BCUT2D eigenvalue weighted by Gasteiger charge is -2.33. The van der Waals surface area contributed by atoms with Gasteiger partial charge in [-0.2, -0.15) is 0 Å². The highest BCUT2D eigenvalue weighted by atomic mass is 16.3. The Balaban J connectivity index is 1.03. The molecule has 2 aromatic heterocycles. The summed E-state index contributed by atoms with van der Waals surface area (Å²) in [4.78, 5) is 36.4. The molecule has 1 aliphatic carbocycles. The Labute approximate surface area is 192 Å². The predicted molar refractivity (Wildman–Crippen MR) is 125 cm³/mol. The average molecular weight is 442 g/mol. The molecule has 6 nitrogen and oxygen atoms in total. The van der Waals surface area contributed by atoms with Crippen LogP contribution in [0.15, 0.2) is 52.1 Å². The largest absolute Gasteiger partial charge is 0.451 e. The molecule has 1 spiro atoms. The molecule has 0 bridgehead atoms. The van der Waals surface area contributed by atoms with Crippen molar-refractivity contribution in [2.75, 3.05) is 13.1 Å². The summed E-state index contributed by atoms with van der Waals surface area (Å²) in [6.07, 6.45) is 7.94. The molecule has 1 amide bonds. The second-order valence-corrected chi connectivity index (χ2v) is 9.87. The van der Waals surface area contributed by atoms with E-state index in [-0.39, 0.29) is 11.7 Å². The van der Waals surface area contributed by atoms with Crippen molar-refractivity contribution in [2.45, 2.75) is 45.6 Å². The topological polar surface area (TPSA) is 75.8 Å². The molecular formula is C27H27N3O3. The molecule has 2 aliphatic heterocycles. The third-order valence-electron chi connectivity index (χ3n) is 7.85. The number of furan rings is 1. The predicted octanol–water partition coefficient (Wildman–Crippen LogP) is 4.73. The Morgan fingerprint density at radius 1 is 1.18 bits per heavy atom. The van der Waals surface area contributed by atoms with Gasteiger partial charge in [-0.25, -0.2) is 0 Å². The molecular weight excluding hydrogens is 414 g/mol. The number of hydrogen-bond donors (Lipinski definition) is 0. The zero-order valence-corrected chi connectivity index (χ0v) is 18.8. The molecule has 3 aromatic rings. The van der Waals surface area contributed by atoms with E-state index in [1.165, 1.54) is 5.56 Å². The van der Waals surface area contributed by atoms with Crippen molar-refractivity contribution in [3.05, 3.63) is 65.2 Å². The highest BCUT2D eigenvalue weighted by Crippen LogP contribution is 2.61. The van der Waals surface area contributed by atoms with Crippen molar-refractivity contribution in [1.82, 2.24) is 9.88 Å². The first-order valence-corrected chi connectivity index (χ1v) is 11.8. The zero-order valence-electron chi connectivity index (χ0n) is 18.8. The fourth-order valence-corrected chi connectivity index (χ4v) is 5.72. The third kappa shape index (κ3) is 3.58. The maximum Gasteiger partial charge on any atom is 0.272 e. The maximum absolute atomic E-state index is 13.1. The Morgan fingerprint density at radius 2 is 2.03 bits per heavy atom. The molecule has 3 aliphatic rings. The Bertz CT molecular complexity index is 1260. The fraction of sp³-hybridized carbons (Fsp3) is 0.407. The van der Waals surface area contributed by atoms with Gasteiger partial charge in [-0.15, -0.1) is 0 Å². The number of likely N-dealkylation sites (tertiary alicyclic amines) is 1. The van der Waals surface area contributed by atoms with E-state index in [1.807, 2.05) is 23.1 Å². The molecule has 6 heteroatoms. The van der Waals surface area contributed by atoms with Crippen molar-refractivity contribution in [3.63, 3.8) is 0 Å². The van der Waals surface area contributed by atoms with Crippen LogP contribution in [0.1, 0.15) is 59.3 Å². The summed E-state index contributed by atoms with van der Waals surface area (Å²) < 4.78 is 5.67. The normalized spacial score (nSPS) is 20.7. The Kier molecular flexibility index (Phi) is 4.71. The van der Waals surface area contributed by atoms with Crippen LogP contribution in [0.4, 0.5) is 0 Å². The summed E-state index contributed by atoms with van der Waals surface area (Å²) in [5, 5.41) is 0.915. The first kappa shape index (κ1) is 20.3. The molecule has 2 fully saturated rings. The minimum Gasteiger partial charge on any atom is -0.451 e. The second-order valence-electron chi connectivity index (χ2n) is 9.87. The molecule has 4 heterocycles. The Hall–Kier alpha value is -3.28. The standard InChI is InChI=1S/C27H27N3O3/c1-17-2-4-21-19(12-17)15-29-25(21)26(32)30-10-7-27(8-11-30)14-20(27)3-5-22(31)23-13-18-6-9-28-16-24(18)33-23/h2,4,6,9,12-13,16,20H,3,5,7-8,10-11,14-15H2,1H3. The molecule has 0 radical (unpaired) electrons. The number of pyridine rings is 1. The van der Waals surface area contributed by atoms with Crippen molar-refractivity contribution in [1.29, 1.82) is 0 Å². The summed E-state index contributed by atoms with van der Waals surface area (Å²) in [5.74, 6) is 1.13. The van der Waals surface area contributed by atoms with Gasteiger partial charge in [-0.3, -0.25) is 19.6 Å². The van der Waals surface area contributed by atoms with Crippen LogP contribution in [0.2, 0.25) is 0 Å². The van der Waals surface area contributed by atoms with E-state index in [2.05, 4.69) is 29.0 Å². The highest BCUT2D eigenvalue weighted by Gasteiger charge is 2.54. The molecule has 33 heavy (non-hydrogen) atoms. The molecule has 1 saturated heterocycles. The van der Waals surface area contributed by atoms with E-state index < -0.39 is 0 Å². The van der Waals surface area contributed by atoms with Gasteiger partial charge in [0, 0.05) is 36.7 Å². The maximum atomic E-state index is 13.1. The number of carbonyl (C=O) groups excluding carboxylic acids is 2. The number of hydrogen-bond acceptors (Lipinski definition) is 5. The number of ketones is 1. The third-order valence-corrected chi connectivity index (χ3v) is 7.85. The molecule has 0 N–H and O–H groups in total. The Morgan fingerprint density at radius 3 is 2.85 bits per heavy atom. The monoisotopic (exact) mass is 441 g/mol. The number of Topliss-reactive ketones (excluding diaryl/α,β-unsaturated/α-hetero) is 1. The van der Waals surface area contributed by atoms with Gasteiger partial charge < -0.3 is 9.32 Å².